The molecule has 0 bridgehead atoms. The number of nitrogen functional groups attached to an aromatic ring is 1. The van der Waals surface area contributed by atoms with E-state index in [2.05, 4.69) is 20.3 Å². The molecular formula is C22H19N7OS3. The third kappa shape index (κ3) is 4.34. The number of thioether (sulfide) groups is 1. The maximum Gasteiger partial charge on any atom is 0.263 e. The van der Waals surface area contributed by atoms with E-state index in [1.807, 2.05) is 54.1 Å². The molecule has 166 valence electrons. The van der Waals surface area contributed by atoms with Crippen LogP contribution in [0.4, 0.5) is 17.6 Å². The number of hydrogen-bond donors (Lipinski definition) is 2. The van der Waals surface area contributed by atoms with Gasteiger partial charge in [-0.2, -0.15) is 15.0 Å². The molecule has 0 saturated carbocycles. The molecule has 4 heterocycles. The van der Waals surface area contributed by atoms with Crippen molar-refractivity contribution < 1.29 is 0 Å². The van der Waals surface area contributed by atoms with Gasteiger partial charge < -0.3 is 11.1 Å². The van der Waals surface area contributed by atoms with Crippen molar-refractivity contribution in [2.45, 2.75) is 17.8 Å². The van der Waals surface area contributed by atoms with E-state index in [1.165, 1.54) is 23.1 Å². The molecule has 0 aliphatic heterocycles. The predicted molar refractivity (Wildman–Crippen MR) is 136 cm³/mol. The van der Waals surface area contributed by atoms with Gasteiger partial charge in [0.2, 0.25) is 11.9 Å². The first-order chi connectivity index (χ1) is 16.0. The minimum Gasteiger partial charge on any atom is -0.368 e. The van der Waals surface area contributed by atoms with Crippen molar-refractivity contribution in [3.63, 3.8) is 0 Å². The molecule has 1 aromatic carbocycles. The van der Waals surface area contributed by atoms with Crippen molar-refractivity contribution in [1.29, 1.82) is 0 Å². The van der Waals surface area contributed by atoms with Crippen LogP contribution in [0.15, 0.2) is 57.1 Å². The zero-order valence-corrected chi connectivity index (χ0v) is 20.2. The van der Waals surface area contributed by atoms with Gasteiger partial charge >= 0.3 is 0 Å². The average molecular weight is 494 g/mol. The Kier molecular flexibility index (Phi) is 5.83. The van der Waals surface area contributed by atoms with Gasteiger partial charge in [0, 0.05) is 28.6 Å². The number of rotatable bonds is 6. The number of thiophene rings is 2. The lowest BCUT2D eigenvalue weighted by Gasteiger charge is -2.10. The molecule has 0 radical (unpaired) electrons. The van der Waals surface area contributed by atoms with E-state index in [0.29, 0.717) is 28.1 Å². The molecule has 3 N–H and O–H groups in total. The van der Waals surface area contributed by atoms with Crippen LogP contribution in [0.2, 0.25) is 0 Å². The standard InChI is InChI=1S/C22H19N7OS3/c1-12-6-3-4-7-14(12)24-21-26-16(25-20(23)28-21)11-33-22-27-18-17(19(30)29(22)2)13(10-32-18)15-8-5-9-31-15/h3-10H,11H2,1-2H3,(H3,23,24,25,26,28). The summed E-state index contributed by atoms with van der Waals surface area (Å²) in [6.45, 7) is 2.00. The summed E-state index contributed by atoms with van der Waals surface area (Å²) >= 11 is 4.47. The summed E-state index contributed by atoms with van der Waals surface area (Å²) in [6, 6.07) is 11.9. The molecule has 11 heteroatoms. The fraction of sp³-hybridized carbons (Fsp3) is 0.136. The fourth-order valence-electron chi connectivity index (χ4n) is 3.32. The Balaban J connectivity index is 1.41. The smallest absolute Gasteiger partial charge is 0.263 e. The largest absolute Gasteiger partial charge is 0.368 e. The van der Waals surface area contributed by atoms with Crippen LogP contribution in [-0.2, 0) is 12.8 Å². The molecule has 4 aromatic heterocycles. The van der Waals surface area contributed by atoms with Gasteiger partial charge in [-0.3, -0.25) is 9.36 Å². The van der Waals surface area contributed by atoms with Crippen LogP contribution in [0.25, 0.3) is 20.7 Å². The van der Waals surface area contributed by atoms with Crippen molar-refractivity contribution in [1.82, 2.24) is 24.5 Å². The Hall–Kier alpha value is -3.28. The molecular weight excluding hydrogens is 474 g/mol. The van der Waals surface area contributed by atoms with E-state index >= 15 is 0 Å². The Morgan fingerprint density at radius 1 is 1.09 bits per heavy atom. The highest BCUT2D eigenvalue weighted by molar-refractivity contribution is 7.98. The predicted octanol–water partition coefficient (Wildman–Crippen LogP) is 4.84. The molecule has 0 amide bonds. The van der Waals surface area contributed by atoms with Crippen LogP contribution in [0, 0.1) is 6.92 Å². The van der Waals surface area contributed by atoms with Gasteiger partial charge in [-0.05, 0) is 30.0 Å². The third-order valence-electron chi connectivity index (χ3n) is 4.98. The zero-order valence-electron chi connectivity index (χ0n) is 17.8. The molecule has 0 spiro atoms. The molecule has 5 rings (SSSR count). The number of fused-ring (bicyclic) bond motifs is 1. The van der Waals surface area contributed by atoms with Crippen LogP contribution in [-0.4, -0.2) is 24.5 Å². The highest BCUT2D eigenvalue weighted by Gasteiger charge is 2.17. The zero-order chi connectivity index (χ0) is 22.9. The first-order valence-electron chi connectivity index (χ1n) is 9.97. The summed E-state index contributed by atoms with van der Waals surface area (Å²) in [5.74, 6) is 1.41. The molecule has 5 aromatic rings. The summed E-state index contributed by atoms with van der Waals surface area (Å²) < 4.78 is 1.58. The second kappa shape index (κ2) is 8.93. The molecule has 0 aliphatic carbocycles. The number of nitrogens with one attached hydrogen (secondary N) is 1. The minimum atomic E-state index is -0.0655. The van der Waals surface area contributed by atoms with Gasteiger partial charge in [0.25, 0.3) is 5.56 Å². The van der Waals surface area contributed by atoms with Gasteiger partial charge in [-0.15, -0.1) is 22.7 Å². The van der Waals surface area contributed by atoms with E-state index in [9.17, 15) is 4.79 Å². The first-order valence-corrected chi connectivity index (χ1v) is 12.7. The van der Waals surface area contributed by atoms with Gasteiger partial charge in [0.15, 0.2) is 5.16 Å². The number of aryl methyl sites for hydroxylation is 1. The van der Waals surface area contributed by atoms with Crippen LogP contribution >= 0.6 is 34.4 Å². The fourth-order valence-corrected chi connectivity index (χ4v) is 5.95. The number of nitrogens with zero attached hydrogens (tertiary/aromatic N) is 5. The first kappa shape index (κ1) is 21.6. The van der Waals surface area contributed by atoms with Crippen LogP contribution in [0.1, 0.15) is 11.4 Å². The second-order valence-corrected chi connectivity index (χ2v) is 9.98. The summed E-state index contributed by atoms with van der Waals surface area (Å²) in [5, 5.41) is 8.44. The lowest BCUT2D eigenvalue weighted by atomic mass is 10.2. The van der Waals surface area contributed by atoms with Crippen molar-refractivity contribution >= 4 is 62.2 Å². The molecule has 0 fully saturated rings. The van der Waals surface area contributed by atoms with Gasteiger partial charge in [0.05, 0.1) is 11.1 Å². The lowest BCUT2D eigenvalue weighted by Crippen LogP contribution is -2.19. The number of para-hydroxylation sites is 1. The van der Waals surface area contributed by atoms with E-state index in [1.54, 1.807) is 23.0 Å². The summed E-state index contributed by atoms with van der Waals surface area (Å²) in [7, 11) is 1.74. The Bertz CT molecular complexity index is 1510. The summed E-state index contributed by atoms with van der Waals surface area (Å²) in [4.78, 5) is 32.6. The number of anilines is 3. The van der Waals surface area contributed by atoms with E-state index in [0.717, 1.165) is 26.5 Å². The van der Waals surface area contributed by atoms with Gasteiger partial charge in [-0.25, -0.2) is 4.98 Å². The Labute approximate surface area is 201 Å². The monoisotopic (exact) mass is 493 g/mol. The SMILES string of the molecule is Cc1ccccc1Nc1nc(N)nc(CSc2nc3scc(-c4cccs4)c3c(=O)n2C)n1. The summed E-state index contributed by atoms with van der Waals surface area (Å²) in [6.07, 6.45) is 0. The molecule has 0 atom stereocenters. The minimum absolute atomic E-state index is 0.0655. The van der Waals surface area contributed by atoms with E-state index in [-0.39, 0.29) is 11.5 Å². The van der Waals surface area contributed by atoms with Crippen molar-refractivity contribution in [3.05, 3.63) is 68.9 Å². The average Bonchev–Trinajstić information content (AvgIpc) is 3.46. The highest BCUT2D eigenvalue weighted by Crippen LogP contribution is 2.34. The maximum absolute atomic E-state index is 13.1. The van der Waals surface area contributed by atoms with Gasteiger partial charge in [-0.1, -0.05) is 36.0 Å². The van der Waals surface area contributed by atoms with Crippen molar-refractivity contribution in [3.8, 4) is 10.4 Å². The van der Waals surface area contributed by atoms with Crippen LogP contribution < -0.4 is 16.6 Å². The number of hydrogen-bond acceptors (Lipinski definition) is 10. The Morgan fingerprint density at radius 3 is 2.73 bits per heavy atom. The summed E-state index contributed by atoms with van der Waals surface area (Å²) in [5.41, 5.74) is 8.76. The third-order valence-corrected chi connectivity index (χ3v) is 7.78. The van der Waals surface area contributed by atoms with E-state index in [4.69, 9.17) is 10.7 Å². The van der Waals surface area contributed by atoms with Crippen molar-refractivity contribution in [2.24, 2.45) is 7.05 Å². The molecule has 8 nitrogen and oxygen atoms in total. The van der Waals surface area contributed by atoms with E-state index < -0.39 is 0 Å². The van der Waals surface area contributed by atoms with Gasteiger partial charge in [0.1, 0.15) is 10.7 Å². The Morgan fingerprint density at radius 2 is 1.94 bits per heavy atom. The number of aromatic nitrogens is 5. The van der Waals surface area contributed by atoms with Crippen molar-refractivity contribution in [2.75, 3.05) is 11.1 Å². The quantitative estimate of drug-likeness (QED) is 0.255. The molecule has 0 saturated heterocycles. The van der Waals surface area contributed by atoms with Crippen LogP contribution in [0.5, 0.6) is 0 Å². The number of benzene rings is 1. The molecule has 33 heavy (non-hydrogen) atoms. The topological polar surface area (TPSA) is 112 Å². The number of nitrogens with two attached hydrogens (primary N) is 1. The normalized spacial score (nSPS) is 11.2. The molecule has 0 unspecified atom stereocenters. The van der Waals surface area contributed by atoms with Crippen LogP contribution in [0.3, 0.4) is 0 Å². The maximum atomic E-state index is 13.1. The lowest BCUT2D eigenvalue weighted by molar-refractivity contribution is 0.727. The molecule has 0 aliphatic rings. The highest BCUT2D eigenvalue weighted by atomic mass is 32.2. The second-order valence-electron chi connectivity index (χ2n) is 7.23.